The predicted molar refractivity (Wildman–Crippen MR) is 124 cm³/mol. The summed E-state index contributed by atoms with van der Waals surface area (Å²) in [6.45, 7) is 0.311. The SMILES string of the molecule is NC(=N[N+](=O)[O-])Nc1ccc(Oc2ccc(-c3cnc(COc4ccccc4)[nH]3)cc2)cc1F. The van der Waals surface area contributed by atoms with Crippen LogP contribution in [0.1, 0.15) is 5.82 Å². The first kappa shape index (κ1) is 22.3. The van der Waals surface area contributed by atoms with Gasteiger partial charge >= 0.3 is 0 Å². The molecule has 0 amide bonds. The lowest BCUT2D eigenvalue weighted by Gasteiger charge is -2.09. The van der Waals surface area contributed by atoms with Crippen molar-refractivity contribution >= 4 is 11.6 Å². The van der Waals surface area contributed by atoms with E-state index in [2.05, 4.69) is 20.4 Å². The predicted octanol–water partition coefficient (Wildman–Crippen LogP) is 4.51. The first-order valence-corrected chi connectivity index (χ1v) is 10.0. The van der Waals surface area contributed by atoms with Crippen LogP contribution in [0.15, 0.2) is 84.1 Å². The summed E-state index contributed by atoms with van der Waals surface area (Å²) in [5.41, 5.74) is 6.96. The molecule has 0 aliphatic heterocycles. The van der Waals surface area contributed by atoms with Gasteiger partial charge in [-0.2, -0.15) is 0 Å². The third-order valence-electron chi connectivity index (χ3n) is 4.54. The number of nitro groups is 1. The largest absolute Gasteiger partial charge is 0.486 e. The van der Waals surface area contributed by atoms with Gasteiger partial charge in [0.05, 0.1) is 17.6 Å². The summed E-state index contributed by atoms with van der Waals surface area (Å²) in [5.74, 6) is 0.926. The van der Waals surface area contributed by atoms with Gasteiger partial charge < -0.3 is 25.5 Å². The van der Waals surface area contributed by atoms with Crippen molar-refractivity contribution in [2.45, 2.75) is 6.61 Å². The number of para-hydroxylation sites is 1. The third kappa shape index (κ3) is 5.85. The number of benzene rings is 3. The lowest BCUT2D eigenvalue weighted by atomic mass is 10.1. The summed E-state index contributed by atoms with van der Waals surface area (Å²) in [6, 6.07) is 20.6. The first-order chi connectivity index (χ1) is 16.5. The van der Waals surface area contributed by atoms with Crippen LogP contribution in [-0.2, 0) is 6.61 Å². The van der Waals surface area contributed by atoms with Gasteiger partial charge in [0.2, 0.25) is 0 Å². The Morgan fingerprint density at radius 1 is 1.09 bits per heavy atom. The summed E-state index contributed by atoms with van der Waals surface area (Å²) in [4.78, 5) is 17.9. The molecular formula is C23H19FN6O4. The molecule has 0 aliphatic carbocycles. The Kier molecular flexibility index (Phi) is 6.63. The number of H-pyrrole nitrogens is 1. The summed E-state index contributed by atoms with van der Waals surface area (Å²) in [6.07, 6.45) is 1.72. The molecule has 0 bridgehead atoms. The Morgan fingerprint density at radius 3 is 2.53 bits per heavy atom. The van der Waals surface area contributed by atoms with Gasteiger partial charge in [-0.05, 0) is 54.1 Å². The molecule has 0 radical (unpaired) electrons. The number of ether oxygens (including phenoxy) is 2. The number of anilines is 1. The average molecular weight is 462 g/mol. The zero-order chi connectivity index (χ0) is 23.9. The van der Waals surface area contributed by atoms with Crippen LogP contribution >= 0.6 is 0 Å². The molecule has 3 aromatic carbocycles. The molecule has 0 atom stereocenters. The maximum Gasteiger partial charge on any atom is 0.270 e. The highest BCUT2D eigenvalue weighted by Crippen LogP contribution is 2.27. The molecular weight excluding hydrogens is 443 g/mol. The van der Waals surface area contributed by atoms with E-state index in [9.17, 15) is 14.5 Å². The van der Waals surface area contributed by atoms with E-state index < -0.39 is 16.8 Å². The Labute approximate surface area is 193 Å². The van der Waals surface area contributed by atoms with E-state index in [1.807, 2.05) is 42.5 Å². The molecule has 4 aromatic rings. The van der Waals surface area contributed by atoms with E-state index in [0.29, 0.717) is 18.2 Å². The molecule has 0 saturated carbocycles. The Hall–Kier alpha value is -4.93. The molecule has 11 heteroatoms. The van der Waals surface area contributed by atoms with Crippen LogP contribution in [0.2, 0.25) is 0 Å². The van der Waals surface area contributed by atoms with Crippen molar-refractivity contribution in [3.63, 3.8) is 0 Å². The fourth-order valence-electron chi connectivity index (χ4n) is 3.00. The number of hydrogen-bond donors (Lipinski definition) is 3. The molecule has 4 rings (SSSR count). The number of imidazole rings is 1. The highest BCUT2D eigenvalue weighted by atomic mass is 19.1. The van der Waals surface area contributed by atoms with E-state index >= 15 is 0 Å². The topological polar surface area (TPSA) is 141 Å². The minimum Gasteiger partial charge on any atom is -0.486 e. The number of aromatic amines is 1. The highest BCUT2D eigenvalue weighted by Gasteiger charge is 2.09. The lowest BCUT2D eigenvalue weighted by Crippen LogP contribution is -2.24. The minimum absolute atomic E-state index is 0.0721. The van der Waals surface area contributed by atoms with Gasteiger partial charge in [0.25, 0.3) is 5.96 Å². The van der Waals surface area contributed by atoms with Crippen molar-refractivity contribution in [1.82, 2.24) is 9.97 Å². The van der Waals surface area contributed by atoms with Gasteiger partial charge in [0, 0.05) is 6.07 Å². The standard InChI is InChI=1S/C23H19FN6O4/c24-19-12-18(10-11-20(19)28-23(25)29-30(31)32)34-17-8-6-15(7-9-17)21-13-26-22(27-21)14-33-16-4-2-1-3-5-16/h1-13H,14H2,(H,26,27)(H3,25,28,29). The van der Waals surface area contributed by atoms with E-state index in [1.165, 1.54) is 12.1 Å². The van der Waals surface area contributed by atoms with Crippen molar-refractivity contribution in [3.05, 3.63) is 101 Å². The van der Waals surface area contributed by atoms with Gasteiger partial charge in [-0.3, -0.25) is 0 Å². The van der Waals surface area contributed by atoms with Gasteiger partial charge in [0.1, 0.15) is 40.6 Å². The molecule has 0 saturated heterocycles. The Morgan fingerprint density at radius 2 is 1.82 bits per heavy atom. The Bertz CT molecular complexity index is 1310. The monoisotopic (exact) mass is 462 g/mol. The van der Waals surface area contributed by atoms with Gasteiger partial charge in [0.15, 0.2) is 5.03 Å². The molecule has 0 unspecified atom stereocenters. The van der Waals surface area contributed by atoms with E-state index in [-0.39, 0.29) is 11.4 Å². The van der Waals surface area contributed by atoms with E-state index in [4.69, 9.17) is 15.2 Å². The molecule has 10 nitrogen and oxygen atoms in total. The zero-order valence-corrected chi connectivity index (χ0v) is 17.6. The molecule has 1 heterocycles. The summed E-state index contributed by atoms with van der Waals surface area (Å²) in [5, 5.41) is 14.5. The van der Waals surface area contributed by atoms with Crippen LogP contribution in [-0.4, -0.2) is 21.0 Å². The fourth-order valence-corrected chi connectivity index (χ4v) is 3.00. The van der Waals surface area contributed by atoms with Gasteiger partial charge in [-0.1, -0.05) is 18.2 Å². The molecule has 172 valence electrons. The molecule has 1 aromatic heterocycles. The van der Waals surface area contributed by atoms with Crippen molar-refractivity contribution in [1.29, 1.82) is 0 Å². The van der Waals surface area contributed by atoms with Gasteiger partial charge in [-0.25, -0.2) is 19.5 Å². The summed E-state index contributed by atoms with van der Waals surface area (Å²) in [7, 11) is 0. The van der Waals surface area contributed by atoms with Crippen LogP contribution in [0.4, 0.5) is 10.1 Å². The van der Waals surface area contributed by atoms with Crippen LogP contribution in [0, 0.1) is 15.9 Å². The fraction of sp³-hybridized carbons (Fsp3) is 0.0435. The minimum atomic E-state index is -0.982. The maximum absolute atomic E-state index is 14.3. The number of hydrazone groups is 1. The molecule has 0 spiro atoms. The smallest absolute Gasteiger partial charge is 0.270 e. The number of nitrogens with one attached hydrogen (secondary N) is 2. The molecule has 0 aliphatic rings. The van der Waals surface area contributed by atoms with Gasteiger partial charge in [-0.15, -0.1) is 0 Å². The van der Waals surface area contributed by atoms with Crippen molar-refractivity contribution in [3.8, 4) is 28.5 Å². The number of hydrogen-bond acceptors (Lipinski definition) is 5. The number of rotatable bonds is 8. The number of nitrogens with two attached hydrogens (primary N) is 1. The van der Waals surface area contributed by atoms with E-state index in [0.717, 1.165) is 23.1 Å². The highest BCUT2D eigenvalue weighted by molar-refractivity contribution is 5.91. The molecule has 34 heavy (non-hydrogen) atoms. The number of halogens is 1. The number of guanidine groups is 1. The van der Waals surface area contributed by atoms with Crippen molar-refractivity contribution < 1.29 is 18.9 Å². The number of aromatic nitrogens is 2. The normalized spacial score (nSPS) is 11.1. The van der Waals surface area contributed by atoms with E-state index in [1.54, 1.807) is 18.3 Å². The van der Waals surface area contributed by atoms with Crippen LogP contribution in [0.25, 0.3) is 11.3 Å². The van der Waals surface area contributed by atoms with Crippen molar-refractivity contribution in [2.75, 3.05) is 5.32 Å². The summed E-state index contributed by atoms with van der Waals surface area (Å²) < 4.78 is 25.6. The third-order valence-corrected chi connectivity index (χ3v) is 4.54. The quantitative estimate of drug-likeness (QED) is 0.151. The first-order valence-electron chi connectivity index (χ1n) is 10.0. The maximum atomic E-state index is 14.3. The molecule has 0 fully saturated rings. The zero-order valence-electron chi connectivity index (χ0n) is 17.6. The van der Waals surface area contributed by atoms with Crippen LogP contribution in [0.3, 0.4) is 0 Å². The number of nitrogens with zero attached hydrogens (tertiary/aromatic N) is 3. The second-order valence-corrected chi connectivity index (χ2v) is 6.96. The van der Waals surface area contributed by atoms with Crippen molar-refractivity contribution in [2.24, 2.45) is 10.8 Å². The molecule has 4 N–H and O–H groups in total. The second kappa shape index (κ2) is 10.1. The summed E-state index contributed by atoms with van der Waals surface area (Å²) >= 11 is 0. The Balaban J connectivity index is 1.37. The average Bonchev–Trinajstić information content (AvgIpc) is 3.29. The van der Waals surface area contributed by atoms with Crippen LogP contribution < -0.4 is 20.5 Å². The van der Waals surface area contributed by atoms with Crippen LogP contribution in [0.5, 0.6) is 17.2 Å². The lowest BCUT2D eigenvalue weighted by molar-refractivity contribution is -0.485. The second-order valence-electron chi connectivity index (χ2n) is 6.96.